The summed E-state index contributed by atoms with van der Waals surface area (Å²) >= 11 is 0. The number of carbonyl (C=O) groups is 4. The van der Waals surface area contributed by atoms with E-state index in [1.165, 1.54) is 11.2 Å². The van der Waals surface area contributed by atoms with Crippen LogP contribution < -0.4 is 27.8 Å². The first-order valence-corrected chi connectivity index (χ1v) is 12.4. The molecule has 14 heteroatoms. The molecule has 1 aliphatic heterocycles. The Kier molecular flexibility index (Phi) is 11.3. The molecule has 1 fully saturated rings. The van der Waals surface area contributed by atoms with Crippen LogP contribution >= 0.6 is 0 Å². The van der Waals surface area contributed by atoms with Crippen molar-refractivity contribution in [1.29, 1.82) is 0 Å². The summed E-state index contributed by atoms with van der Waals surface area (Å²) in [5.74, 6) is -2.64. The maximum absolute atomic E-state index is 13.5. The van der Waals surface area contributed by atoms with Crippen LogP contribution in [0.3, 0.4) is 0 Å². The number of aliphatic imine (C=N–C) groups is 1. The zero-order chi connectivity index (χ0) is 27.5. The van der Waals surface area contributed by atoms with E-state index in [4.69, 9.17) is 17.2 Å². The van der Waals surface area contributed by atoms with Crippen LogP contribution in [0.25, 0.3) is 0 Å². The number of aromatic amines is 1. The molecule has 1 aliphatic rings. The number of amides is 3. The predicted molar refractivity (Wildman–Crippen MR) is 136 cm³/mol. The summed E-state index contributed by atoms with van der Waals surface area (Å²) in [6.45, 7) is 4.40. The number of aliphatic carboxylic acids is 1. The van der Waals surface area contributed by atoms with Crippen molar-refractivity contribution in [2.75, 3.05) is 13.1 Å². The van der Waals surface area contributed by atoms with Gasteiger partial charge in [0.15, 0.2) is 5.96 Å². The summed E-state index contributed by atoms with van der Waals surface area (Å²) in [5.41, 5.74) is 17.3. The zero-order valence-electron chi connectivity index (χ0n) is 21.4. The van der Waals surface area contributed by atoms with E-state index in [0.717, 1.165) is 0 Å². The van der Waals surface area contributed by atoms with Crippen LogP contribution in [0, 0.1) is 5.92 Å². The number of nitrogens with zero attached hydrogens (tertiary/aromatic N) is 3. The molecule has 0 saturated carbocycles. The number of nitrogens with one attached hydrogen (secondary N) is 3. The number of carbonyl (C=O) groups excluding carboxylic acids is 3. The molecule has 0 spiro atoms. The van der Waals surface area contributed by atoms with Gasteiger partial charge in [0.1, 0.15) is 18.1 Å². The molecular weight excluding hydrogens is 482 g/mol. The number of nitrogens with two attached hydrogens (primary N) is 3. The molecule has 0 aliphatic carbocycles. The standard InChI is InChI=1S/C23H39N9O5/c1-13(2)9-17(31-19(33)15(24)10-14-11-27-12-29-14)21(35)32-8-4-6-18(32)20(34)30-16(22(36)37)5-3-7-28-23(25)26/h11-13,15-18H,3-10,24H2,1-2H3,(H,27,29)(H,30,34)(H,31,33)(H,36,37)(H4,25,26,28). The highest BCUT2D eigenvalue weighted by Crippen LogP contribution is 2.21. The molecule has 2 heterocycles. The third-order valence-electron chi connectivity index (χ3n) is 6.05. The Bertz CT molecular complexity index is 946. The van der Waals surface area contributed by atoms with E-state index in [1.54, 1.807) is 6.20 Å². The SMILES string of the molecule is CC(C)CC(NC(=O)C(N)Cc1cnc[nH]1)C(=O)N1CCCC1C(=O)NC(CCCN=C(N)N)C(=O)O. The molecule has 1 aromatic rings. The Labute approximate surface area is 215 Å². The highest BCUT2D eigenvalue weighted by Gasteiger charge is 2.39. The van der Waals surface area contributed by atoms with Gasteiger partial charge in [-0.15, -0.1) is 0 Å². The van der Waals surface area contributed by atoms with Crippen LogP contribution in [0.4, 0.5) is 0 Å². The van der Waals surface area contributed by atoms with E-state index in [1.807, 2.05) is 13.8 Å². The third-order valence-corrected chi connectivity index (χ3v) is 6.05. The van der Waals surface area contributed by atoms with E-state index in [2.05, 4.69) is 25.6 Å². The van der Waals surface area contributed by atoms with E-state index in [-0.39, 0.29) is 31.3 Å². The molecule has 1 aromatic heterocycles. The van der Waals surface area contributed by atoms with Gasteiger partial charge >= 0.3 is 5.97 Å². The molecule has 0 aromatic carbocycles. The van der Waals surface area contributed by atoms with E-state index in [9.17, 15) is 24.3 Å². The minimum Gasteiger partial charge on any atom is -0.480 e. The van der Waals surface area contributed by atoms with Gasteiger partial charge in [-0.2, -0.15) is 0 Å². The fraction of sp³-hybridized carbons (Fsp3) is 0.652. The minimum absolute atomic E-state index is 0.0783. The topological polar surface area (TPSA) is 235 Å². The summed E-state index contributed by atoms with van der Waals surface area (Å²) in [5, 5.41) is 14.8. The monoisotopic (exact) mass is 521 g/mol. The van der Waals surface area contributed by atoms with Gasteiger partial charge in [0.25, 0.3) is 0 Å². The quantitative estimate of drug-likeness (QED) is 0.0848. The Hall–Kier alpha value is -3.68. The Balaban J connectivity index is 2.05. The van der Waals surface area contributed by atoms with Gasteiger partial charge < -0.3 is 42.8 Å². The van der Waals surface area contributed by atoms with E-state index in [0.29, 0.717) is 37.9 Å². The summed E-state index contributed by atoms with van der Waals surface area (Å²) in [6, 6.07) is -3.75. The normalized spacial score (nSPS) is 17.6. The number of H-pyrrole nitrogens is 1. The lowest BCUT2D eigenvalue weighted by molar-refractivity contribution is -0.145. The molecule has 4 unspecified atom stereocenters. The fourth-order valence-corrected chi connectivity index (χ4v) is 4.23. The molecule has 1 saturated heterocycles. The molecular formula is C23H39N9O5. The number of hydrogen-bond acceptors (Lipinski definition) is 7. The lowest BCUT2D eigenvalue weighted by atomic mass is 10.0. The van der Waals surface area contributed by atoms with Crippen molar-refractivity contribution in [2.45, 2.75) is 76.5 Å². The number of hydrogen-bond donors (Lipinski definition) is 7. The second-order valence-electron chi connectivity index (χ2n) is 9.62. The molecule has 4 atom stereocenters. The van der Waals surface area contributed by atoms with Crippen molar-refractivity contribution in [3.8, 4) is 0 Å². The van der Waals surface area contributed by atoms with Crippen molar-refractivity contribution in [3.63, 3.8) is 0 Å². The summed E-state index contributed by atoms with van der Waals surface area (Å²) in [7, 11) is 0. The molecule has 14 nitrogen and oxygen atoms in total. The molecule has 37 heavy (non-hydrogen) atoms. The summed E-state index contributed by atoms with van der Waals surface area (Å²) in [6.07, 6.45) is 5.08. The van der Waals surface area contributed by atoms with Crippen LogP contribution in [0.2, 0.25) is 0 Å². The average molecular weight is 522 g/mol. The predicted octanol–water partition coefficient (Wildman–Crippen LogP) is -1.58. The van der Waals surface area contributed by atoms with Crippen molar-refractivity contribution in [2.24, 2.45) is 28.1 Å². The number of guanidine groups is 1. The van der Waals surface area contributed by atoms with E-state index >= 15 is 0 Å². The molecule has 10 N–H and O–H groups in total. The van der Waals surface area contributed by atoms with Crippen LogP contribution in [-0.4, -0.2) is 86.9 Å². The van der Waals surface area contributed by atoms with Crippen molar-refractivity contribution in [3.05, 3.63) is 18.2 Å². The Morgan fingerprint density at radius 2 is 1.97 bits per heavy atom. The maximum Gasteiger partial charge on any atom is 0.326 e. The smallest absolute Gasteiger partial charge is 0.326 e. The zero-order valence-corrected chi connectivity index (χ0v) is 21.4. The molecule has 2 rings (SSSR count). The number of carboxylic acid groups (broad SMARTS) is 1. The van der Waals surface area contributed by atoms with Gasteiger partial charge in [0.2, 0.25) is 17.7 Å². The minimum atomic E-state index is -1.19. The second kappa shape index (κ2) is 14.2. The van der Waals surface area contributed by atoms with Crippen LogP contribution in [0.5, 0.6) is 0 Å². The van der Waals surface area contributed by atoms with Gasteiger partial charge in [-0.1, -0.05) is 13.8 Å². The molecule has 206 valence electrons. The lowest BCUT2D eigenvalue weighted by Gasteiger charge is -2.30. The summed E-state index contributed by atoms with van der Waals surface area (Å²) < 4.78 is 0. The first-order chi connectivity index (χ1) is 17.5. The van der Waals surface area contributed by atoms with Crippen LogP contribution in [0.15, 0.2) is 17.5 Å². The number of aromatic nitrogens is 2. The fourth-order valence-electron chi connectivity index (χ4n) is 4.23. The first-order valence-electron chi connectivity index (χ1n) is 12.4. The highest BCUT2D eigenvalue weighted by molar-refractivity contribution is 5.94. The van der Waals surface area contributed by atoms with Gasteiger partial charge in [0, 0.05) is 31.4 Å². The number of carboxylic acids is 1. The summed E-state index contributed by atoms with van der Waals surface area (Å²) in [4.78, 5) is 63.0. The maximum atomic E-state index is 13.5. The lowest BCUT2D eigenvalue weighted by Crippen LogP contribution is -2.57. The van der Waals surface area contributed by atoms with E-state index < -0.39 is 47.9 Å². The Morgan fingerprint density at radius 3 is 2.57 bits per heavy atom. The van der Waals surface area contributed by atoms with Crippen molar-refractivity contribution < 1.29 is 24.3 Å². The van der Waals surface area contributed by atoms with Crippen molar-refractivity contribution >= 4 is 29.7 Å². The number of likely N-dealkylation sites (tertiary alicyclic amines) is 1. The average Bonchev–Trinajstić information content (AvgIpc) is 3.51. The first kappa shape index (κ1) is 29.5. The molecule has 3 amide bonds. The van der Waals surface area contributed by atoms with Crippen molar-refractivity contribution in [1.82, 2.24) is 25.5 Å². The number of rotatable bonds is 14. The van der Waals surface area contributed by atoms with Gasteiger partial charge in [-0.3, -0.25) is 19.4 Å². The third kappa shape index (κ3) is 9.37. The number of imidazole rings is 1. The molecule has 0 bridgehead atoms. The van der Waals surface area contributed by atoms with Gasteiger partial charge in [0.05, 0.1) is 12.4 Å². The van der Waals surface area contributed by atoms with Crippen LogP contribution in [0.1, 0.15) is 51.6 Å². The second-order valence-corrected chi connectivity index (χ2v) is 9.62. The largest absolute Gasteiger partial charge is 0.480 e. The van der Waals surface area contributed by atoms with Crippen LogP contribution in [-0.2, 0) is 25.6 Å². The van der Waals surface area contributed by atoms with Gasteiger partial charge in [-0.25, -0.2) is 9.78 Å². The van der Waals surface area contributed by atoms with Gasteiger partial charge in [-0.05, 0) is 38.0 Å². The highest BCUT2D eigenvalue weighted by atomic mass is 16.4. The Morgan fingerprint density at radius 1 is 1.24 bits per heavy atom. The molecule has 0 radical (unpaired) electrons.